The van der Waals surface area contributed by atoms with Crippen LogP contribution in [0.3, 0.4) is 0 Å². The van der Waals surface area contributed by atoms with Crippen LogP contribution in [0.4, 0.5) is 0 Å². The highest BCUT2D eigenvalue weighted by Crippen LogP contribution is 2.41. The van der Waals surface area contributed by atoms with Crippen molar-refractivity contribution in [2.45, 2.75) is 62.6 Å². The predicted molar refractivity (Wildman–Crippen MR) is 104 cm³/mol. The van der Waals surface area contributed by atoms with Crippen LogP contribution in [0.2, 0.25) is 0 Å². The Bertz CT molecular complexity index is 782. The smallest absolute Gasteiger partial charge is 0.235 e. The monoisotopic (exact) mass is 375 g/mol. The molecule has 1 aliphatic carbocycles. The molecule has 0 spiro atoms. The molecule has 2 aromatic heterocycles. The van der Waals surface area contributed by atoms with Gasteiger partial charge < -0.3 is 4.90 Å². The van der Waals surface area contributed by atoms with E-state index in [2.05, 4.69) is 16.9 Å². The third-order valence-electron chi connectivity index (χ3n) is 5.36. The Balaban J connectivity index is 1.60. The molecule has 134 valence electrons. The summed E-state index contributed by atoms with van der Waals surface area (Å²) in [4.78, 5) is 26.4. The van der Waals surface area contributed by atoms with E-state index in [1.165, 1.54) is 28.7 Å². The van der Waals surface area contributed by atoms with E-state index < -0.39 is 0 Å². The van der Waals surface area contributed by atoms with Crippen molar-refractivity contribution in [1.82, 2.24) is 14.9 Å². The van der Waals surface area contributed by atoms with E-state index in [9.17, 15) is 4.79 Å². The summed E-state index contributed by atoms with van der Waals surface area (Å²) >= 11 is 3.44. The Labute approximate surface area is 157 Å². The minimum Gasteiger partial charge on any atom is -0.342 e. The number of piperidine rings is 1. The first-order valence-corrected chi connectivity index (χ1v) is 11.0. The molecule has 2 aliphatic rings. The Hall–Kier alpha value is -1.14. The van der Waals surface area contributed by atoms with Crippen LogP contribution in [0.5, 0.6) is 0 Å². The van der Waals surface area contributed by atoms with Crippen LogP contribution < -0.4 is 0 Å². The van der Waals surface area contributed by atoms with Crippen molar-refractivity contribution in [3.8, 4) is 0 Å². The number of carbonyl (C=O) groups is 1. The molecule has 0 bridgehead atoms. The van der Waals surface area contributed by atoms with E-state index in [1.54, 1.807) is 18.1 Å². The first kappa shape index (κ1) is 17.3. The number of hydrogen-bond acceptors (Lipinski definition) is 5. The van der Waals surface area contributed by atoms with E-state index in [1.807, 2.05) is 23.2 Å². The van der Waals surface area contributed by atoms with Gasteiger partial charge >= 0.3 is 0 Å². The lowest BCUT2D eigenvalue weighted by Gasteiger charge is -2.29. The molecule has 0 radical (unpaired) electrons. The summed E-state index contributed by atoms with van der Waals surface area (Å²) in [5, 5.41) is 2.13. The lowest BCUT2D eigenvalue weighted by Crippen LogP contribution is -2.40. The molecule has 0 unspecified atom stereocenters. The number of aromatic nitrogens is 2. The maximum Gasteiger partial charge on any atom is 0.235 e. The molecule has 1 amide bonds. The minimum atomic E-state index is -0.0886. The molecule has 6 heteroatoms. The van der Waals surface area contributed by atoms with Gasteiger partial charge in [-0.2, -0.15) is 0 Å². The maximum atomic E-state index is 12.8. The minimum absolute atomic E-state index is 0.0886. The molecule has 4 nitrogen and oxygen atoms in total. The van der Waals surface area contributed by atoms with Crippen molar-refractivity contribution in [2.24, 2.45) is 5.92 Å². The van der Waals surface area contributed by atoms with Crippen LogP contribution in [0.15, 0.2) is 11.4 Å². The van der Waals surface area contributed by atoms with Crippen molar-refractivity contribution in [2.75, 3.05) is 13.1 Å². The molecular weight excluding hydrogens is 350 g/mol. The average Bonchev–Trinajstić information content (AvgIpc) is 3.00. The Morgan fingerprint density at radius 2 is 2.12 bits per heavy atom. The van der Waals surface area contributed by atoms with Crippen molar-refractivity contribution >= 4 is 39.2 Å². The fourth-order valence-electron chi connectivity index (χ4n) is 3.92. The second kappa shape index (κ2) is 7.23. The van der Waals surface area contributed by atoms with Gasteiger partial charge in [0.15, 0.2) is 0 Å². The number of nitrogens with zero attached hydrogens (tertiary/aromatic N) is 3. The van der Waals surface area contributed by atoms with Gasteiger partial charge in [-0.05, 0) is 56.9 Å². The number of carbonyl (C=O) groups excluding carboxylic acids is 1. The number of amides is 1. The summed E-state index contributed by atoms with van der Waals surface area (Å²) < 4.78 is 0. The zero-order chi connectivity index (χ0) is 17.4. The van der Waals surface area contributed by atoms with Gasteiger partial charge in [0, 0.05) is 23.4 Å². The van der Waals surface area contributed by atoms with Gasteiger partial charge in [0.2, 0.25) is 5.91 Å². The van der Waals surface area contributed by atoms with Crippen molar-refractivity contribution in [3.05, 3.63) is 16.8 Å². The first-order valence-electron chi connectivity index (χ1n) is 9.34. The SMILES string of the molecule is C[C@H]1CCc2c(sc3ncnc(S[C@@H](C)C(=O)N4CCCCC4)c23)C1. The second-order valence-electron chi connectivity index (χ2n) is 7.36. The largest absolute Gasteiger partial charge is 0.342 e. The highest BCUT2D eigenvalue weighted by atomic mass is 32.2. The third-order valence-corrected chi connectivity index (χ3v) is 7.61. The summed E-state index contributed by atoms with van der Waals surface area (Å²) in [5.41, 5.74) is 1.44. The highest BCUT2D eigenvalue weighted by molar-refractivity contribution is 8.00. The zero-order valence-electron chi connectivity index (χ0n) is 15.0. The predicted octanol–water partition coefficient (Wildman–Crippen LogP) is 4.31. The van der Waals surface area contributed by atoms with Crippen LogP contribution in [0.1, 0.15) is 50.0 Å². The molecule has 25 heavy (non-hydrogen) atoms. The van der Waals surface area contributed by atoms with E-state index in [0.29, 0.717) is 0 Å². The fraction of sp³-hybridized carbons (Fsp3) is 0.632. The number of rotatable bonds is 3. The fourth-order valence-corrected chi connectivity index (χ4v) is 6.37. The number of aryl methyl sites for hydroxylation is 1. The number of hydrogen-bond donors (Lipinski definition) is 0. The van der Waals surface area contributed by atoms with Crippen molar-refractivity contribution in [3.63, 3.8) is 0 Å². The van der Waals surface area contributed by atoms with Gasteiger partial charge in [-0.3, -0.25) is 4.79 Å². The number of thiophene rings is 1. The maximum absolute atomic E-state index is 12.8. The topological polar surface area (TPSA) is 46.1 Å². The highest BCUT2D eigenvalue weighted by Gasteiger charge is 2.27. The van der Waals surface area contributed by atoms with Crippen LogP contribution in [-0.2, 0) is 17.6 Å². The Morgan fingerprint density at radius 3 is 2.92 bits per heavy atom. The van der Waals surface area contributed by atoms with Crippen LogP contribution in [0.25, 0.3) is 10.2 Å². The van der Waals surface area contributed by atoms with Gasteiger partial charge in [0.25, 0.3) is 0 Å². The molecule has 1 aliphatic heterocycles. The first-order chi connectivity index (χ1) is 12.1. The zero-order valence-corrected chi connectivity index (χ0v) is 16.6. The number of thioether (sulfide) groups is 1. The average molecular weight is 376 g/mol. The van der Waals surface area contributed by atoms with Gasteiger partial charge in [0.05, 0.1) is 5.25 Å². The quantitative estimate of drug-likeness (QED) is 0.592. The Morgan fingerprint density at radius 1 is 1.32 bits per heavy atom. The lowest BCUT2D eigenvalue weighted by atomic mass is 9.89. The summed E-state index contributed by atoms with van der Waals surface area (Å²) in [7, 11) is 0. The molecule has 2 atom stereocenters. The van der Waals surface area contributed by atoms with E-state index >= 15 is 0 Å². The van der Waals surface area contributed by atoms with Gasteiger partial charge in [0.1, 0.15) is 16.2 Å². The van der Waals surface area contributed by atoms with Crippen LogP contribution in [-0.4, -0.2) is 39.1 Å². The second-order valence-corrected chi connectivity index (χ2v) is 9.77. The van der Waals surface area contributed by atoms with Crippen LogP contribution in [0, 0.1) is 5.92 Å². The van der Waals surface area contributed by atoms with E-state index in [4.69, 9.17) is 0 Å². The van der Waals surface area contributed by atoms with Gasteiger partial charge in [-0.15, -0.1) is 11.3 Å². The normalized spacial score (nSPS) is 22.0. The Kier molecular flexibility index (Phi) is 5.00. The molecule has 2 aromatic rings. The van der Waals surface area contributed by atoms with Gasteiger partial charge in [-0.1, -0.05) is 18.7 Å². The lowest BCUT2D eigenvalue weighted by molar-refractivity contribution is -0.131. The summed E-state index contributed by atoms with van der Waals surface area (Å²) in [6.07, 6.45) is 8.69. The molecular formula is C19H25N3OS2. The molecule has 0 saturated carbocycles. The van der Waals surface area contributed by atoms with Crippen LogP contribution >= 0.6 is 23.1 Å². The summed E-state index contributed by atoms with van der Waals surface area (Å²) in [6, 6.07) is 0. The molecule has 1 fully saturated rings. The molecule has 1 saturated heterocycles. The third kappa shape index (κ3) is 3.43. The van der Waals surface area contributed by atoms with E-state index in [0.717, 1.165) is 54.5 Å². The van der Waals surface area contributed by atoms with E-state index in [-0.39, 0.29) is 11.2 Å². The molecule has 0 N–H and O–H groups in total. The molecule has 4 rings (SSSR count). The molecule has 3 heterocycles. The van der Waals surface area contributed by atoms with Gasteiger partial charge in [-0.25, -0.2) is 9.97 Å². The standard InChI is InChI=1S/C19H25N3OS2/c1-12-6-7-14-15(10-12)25-18-16(14)17(20-11-21-18)24-13(2)19(23)22-8-4-3-5-9-22/h11-13H,3-10H2,1-2H3/t12-,13-/m0/s1. The van der Waals surface area contributed by atoms with Crippen molar-refractivity contribution in [1.29, 1.82) is 0 Å². The summed E-state index contributed by atoms with van der Waals surface area (Å²) in [6.45, 7) is 6.17. The summed E-state index contributed by atoms with van der Waals surface area (Å²) in [5.74, 6) is 1.01. The number of fused-ring (bicyclic) bond motifs is 3. The number of likely N-dealkylation sites (tertiary alicyclic amines) is 1. The van der Waals surface area contributed by atoms with Crippen molar-refractivity contribution < 1.29 is 4.79 Å². The molecule has 0 aromatic carbocycles.